The highest BCUT2D eigenvalue weighted by atomic mass is 32.1. The molecule has 24 heavy (non-hydrogen) atoms. The minimum atomic E-state index is 0.795. The molecule has 0 amide bonds. The Hall–Kier alpha value is -1.53. The van der Waals surface area contributed by atoms with Crippen LogP contribution in [0.2, 0.25) is 0 Å². The van der Waals surface area contributed by atoms with Crippen LogP contribution in [-0.2, 0) is 0 Å². The van der Waals surface area contributed by atoms with Gasteiger partial charge in [-0.3, -0.25) is 4.79 Å². The molecule has 4 heterocycles. The summed E-state index contributed by atoms with van der Waals surface area (Å²) in [5, 5.41) is 2.15. The average Bonchev–Trinajstić information content (AvgIpc) is 3.32. The summed E-state index contributed by atoms with van der Waals surface area (Å²) in [4.78, 5) is 19.5. The maximum Gasteiger partial charge on any atom is 0.160 e. The Labute approximate surface area is 156 Å². The molecule has 120 valence electrons. The number of carbonyl (C=O) groups excluding carboxylic acids is 1. The third-order valence-corrected chi connectivity index (χ3v) is 8.72. The summed E-state index contributed by atoms with van der Waals surface area (Å²) in [7, 11) is 0. The fourth-order valence-electron chi connectivity index (χ4n) is 2.62. The Morgan fingerprint density at radius 3 is 1.92 bits per heavy atom. The van der Waals surface area contributed by atoms with Crippen molar-refractivity contribution in [2.24, 2.45) is 0 Å². The van der Waals surface area contributed by atoms with E-state index in [1.165, 1.54) is 40.4 Å². The molecule has 0 atom stereocenters. The van der Waals surface area contributed by atoms with Crippen molar-refractivity contribution < 1.29 is 4.79 Å². The zero-order valence-electron chi connectivity index (χ0n) is 13.2. The van der Waals surface area contributed by atoms with Crippen molar-refractivity contribution in [3.05, 3.63) is 57.8 Å². The largest absolute Gasteiger partial charge is 0.297 e. The third-order valence-electron chi connectivity index (χ3n) is 3.82. The van der Waals surface area contributed by atoms with Gasteiger partial charge in [-0.05, 0) is 66.8 Å². The van der Waals surface area contributed by atoms with E-state index in [9.17, 15) is 4.79 Å². The van der Waals surface area contributed by atoms with Gasteiger partial charge in [-0.25, -0.2) is 0 Å². The van der Waals surface area contributed by atoms with Gasteiger partial charge in [0.15, 0.2) is 6.29 Å². The second-order valence-electron chi connectivity index (χ2n) is 5.54. The summed E-state index contributed by atoms with van der Waals surface area (Å²) in [5.41, 5.74) is 2.52. The van der Waals surface area contributed by atoms with Gasteiger partial charge in [0.1, 0.15) is 0 Å². The topological polar surface area (TPSA) is 17.1 Å². The molecule has 0 N–H and O–H groups in total. The molecule has 0 aliphatic carbocycles. The molecule has 4 aromatic rings. The lowest BCUT2D eigenvalue weighted by atomic mass is 10.2. The van der Waals surface area contributed by atoms with E-state index >= 15 is 0 Å². The van der Waals surface area contributed by atoms with E-state index in [1.807, 2.05) is 17.4 Å². The van der Waals surface area contributed by atoms with E-state index in [4.69, 9.17) is 0 Å². The van der Waals surface area contributed by atoms with Crippen molar-refractivity contribution in [1.29, 1.82) is 0 Å². The summed E-state index contributed by atoms with van der Waals surface area (Å²) >= 11 is 7.03. The smallest absolute Gasteiger partial charge is 0.160 e. The zero-order valence-corrected chi connectivity index (χ0v) is 16.4. The Kier molecular flexibility index (Phi) is 4.26. The van der Waals surface area contributed by atoms with Gasteiger partial charge in [-0.15, -0.1) is 45.3 Å². The first-order chi connectivity index (χ1) is 11.7. The highest BCUT2D eigenvalue weighted by molar-refractivity contribution is 7.28. The molecule has 0 aromatic carbocycles. The van der Waals surface area contributed by atoms with Gasteiger partial charge in [0.05, 0.1) is 4.88 Å². The lowest BCUT2D eigenvalue weighted by Gasteiger charge is -1.95. The van der Waals surface area contributed by atoms with Crippen LogP contribution in [0.5, 0.6) is 0 Å². The molecular weight excluding hydrogens is 372 g/mol. The minimum absolute atomic E-state index is 0.795. The molecule has 0 spiro atoms. The van der Waals surface area contributed by atoms with Crippen LogP contribution in [0.15, 0.2) is 41.8 Å². The molecule has 0 aliphatic rings. The standard InChI is InChI=1S/C19H14OS4/c1-11-7-8-21-18(11)16-5-3-14(23-16)15-4-6-17(24-15)19-12(2)9-13(10-20)22-19/h3-10H,1-2H3. The molecule has 0 saturated carbocycles. The van der Waals surface area contributed by atoms with Gasteiger partial charge in [0.25, 0.3) is 0 Å². The van der Waals surface area contributed by atoms with Crippen molar-refractivity contribution in [2.75, 3.05) is 0 Å². The normalized spacial score (nSPS) is 11.1. The van der Waals surface area contributed by atoms with Crippen LogP contribution in [0, 0.1) is 13.8 Å². The van der Waals surface area contributed by atoms with Crippen LogP contribution in [0.3, 0.4) is 0 Å². The van der Waals surface area contributed by atoms with Gasteiger partial charge in [-0.1, -0.05) is 0 Å². The number of rotatable bonds is 4. The molecule has 0 bridgehead atoms. The van der Waals surface area contributed by atoms with Crippen LogP contribution in [-0.4, -0.2) is 6.29 Å². The molecule has 4 rings (SSSR count). The minimum Gasteiger partial charge on any atom is -0.297 e. The predicted molar refractivity (Wildman–Crippen MR) is 109 cm³/mol. The maximum absolute atomic E-state index is 11.0. The monoisotopic (exact) mass is 386 g/mol. The molecule has 1 nitrogen and oxygen atoms in total. The first-order valence-corrected chi connectivity index (χ1v) is 10.8. The molecule has 0 fully saturated rings. The molecule has 0 aliphatic heterocycles. The van der Waals surface area contributed by atoms with Crippen LogP contribution in [0.25, 0.3) is 29.3 Å². The number of hydrogen-bond acceptors (Lipinski definition) is 5. The SMILES string of the molecule is Cc1ccsc1-c1ccc(-c2ccc(-c3sc(C=O)cc3C)s2)s1. The Morgan fingerprint density at radius 1 is 0.750 bits per heavy atom. The summed E-state index contributed by atoms with van der Waals surface area (Å²) in [6.07, 6.45) is 0.935. The Bertz CT molecular complexity index is 1010. The number of aldehydes is 1. The fraction of sp³-hybridized carbons (Fsp3) is 0.105. The third kappa shape index (κ3) is 2.82. The molecular formula is C19H14OS4. The fourth-order valence-corrected chi connectivity index (χ4v) is 7.01. The number of thiophene rings is 4. The molecule has 0 unspecified atom stereocenters. The van der Waals surface area contributed by atoms with Crippen molar-refractivity contribution in [3.8, 4) is 29.3 Å². The predicted octanol–water partition coefficient (Wildman–Crippen LogP) is 7.36. The molecule has 4 aromatic heterocycles. The summed E-state index contributed by atoms with van der Waals surface area (Å²) in [6, 6.07) is 12.9. The van der Waals surface area contributed by atoms with Gasteiger partial charge in [0, 0.05) is 29.3 Å². The zero-order chi connectivity index (χ0) is 16.7. The number of carbonyl (C=O) groups is 1. The van der Waals surface area contributed by atoms with Gasteiger partial charge in [-0.2, -0.15) is 0 Å². The second kappa shape index (κ2) is 6.41. The van der Waals surface area contributed by atoms with Crippen LogP contribution in [0.1, 0.15) is 20.8 Å². The van der Waals surface area contributed by atoms with E-state index in [-0.39, 0.29) is 0 Å². The summed E-state index contributed by atoms with van der Waals surface area (Å²) < 4.78 is 0. The molecule has 0 saturated heterocycles. The number of aryl methyl sites for hydroxylation is 2. The number of hydrogen-bond donors (Lipinski definition) is 0. The first kappa shape index (κ1) is 16.0. The quantitative estimate of drug-likeness (QED) is 0.335. The van der Waals surface area contributed by atoms with E-state index in [2.05, 4.69) is 49.6 Å². The summed E-state index contributed by atoms with van der Waals surface area (Å²) in [6.45, 7) is 4.24. The van der Waals surface area contributed by atoms with Crippen molar-refractivity contribution in [2.45, 2.75) is 13.8 Å². The van der Waals surface area contributed by atoms with Gasteiger partial charge >= 0.3 is 0 Å². The Morgan fingerprint density at radius 2 is 1.38 bits per heavy atom. The highest BCUT2D eigenvalue weighted by Crippen LogP contribution is 2.43. The molecule has 5 heteroatoms. The van der Waals surface area contributed by atoms with Crippen molar-refractivity contribution in [3.63, 3.8) is 0 Å². The van der Waals surface area contributed by atoms with Gasteiger partial charge < -0.3 is 0 Å². The van der Waals surface area contributed by atoms with Crippen molar-refractivity contribution in [1.82, 2.24) is 0 Å². The van der Waals surface area contributed by atoms with Gasteiger partial charge in [0.2, 0.25) is 0 Å². The molecule has 0 radical (unpaired) electrons. The van der Waals surface area contributed by atoms with Crippen LogP contribution >= 0.6 is 45.3 Å². The second-order valence-corrected chi connectivity index (χ2v) is 9.71. The van der Waals surface area contributed by atoms with E-state index in [0.717, 1.165) is 11.2 Å². The van der Waals surface area contributed by atoms with E-state index in [0.29, 0.717) is 0 Å². The maximum atomic E-state index is 11.0. The lowest BCUT2D eigenvalue weighted by molar-refractivity contribution is 0.112. The van der Waals surface area contributed by atoms with E-state index < -0.39 is 0 Å². The van der Waals surface area contributed by atoms with E-state index in [1.54, 1.807) is 34.0 Å². The lowest BCUT2D eigenvalue weighted by Crippen LogP contribution is -1.67. The Balaban J connectivity index is 1.68. The van der Waals surface area contributed by atoms with Crippen molar-refractivity contribution >= 4 is 51.6 Å². The first-order valence-electron chi connectivity index (χ1n) is 7.46. The highest BCUT2D eigenvalue weighted by Gasteiger charge is 2.13. The van der Waals surface area contributed by atoms with Crippen LogP contribution < -0.4 is 0 Å². The average molecular weight is 387 g/mol. The summed E-state index contributed by atoms with van der Waals surface area (Å²) in [5.74, 6) is 0. The van der Waals surface area contributed by atoms with Crippen LogP contribution in [0.4, 0.5) is 0 Å².